The van der Waals surface area contributed by atoms with Crippen LogP contribution >= 0.6 is 0 Å². The zero-order valence-corrected chi connectivity index (χ0v) is 15.8. The number of urea groups is 1. The number of carbonyl (C=O) groups excluding carboxylic acids is 1. The quantitative estimate of drug-likeness (QED) is 0.751. The first-order valence-corrected chi connectivity index (χ1v) is 9.60. The Morgan fingerprint density at radius 1 is 1.25 bits per heavy atom. The number of benzene rings is 1. The lowest BCUT2D eigenvalue weighted by Crippen LogP contribution is -2.41. The average Bonchev–Trinajstić information content (AvgIpc) is 3.24. The zero-order valence-electron chi connectivity index (χ0n) is 15.8. The molecule has 1 saturated heterocycles. The standard InChI is InChI=1S/C20H23N7O/c1-2-27-24-19(23-25-27)15-7-5-9-17(13-15)22-20(28)26-12-4-3-10-18(26)16-8-6-11-21-14-16/h5-9,11,13-14,18H,2-4,10,12H2,1H3,(H,22,28)/t18-/m1/s1. The summed E-state index contributed by atoms with van der Waals surface area (Å²) in [4.78, 5) is 20.6. The van der Waals surface area contributed by atoms with Crippen LogP contribution in [-0.2, 0) is 6.54 Å². The molecule has 1 fully saturated rings. The van der Waals surface area contributed by atoms with Crippen LogP contribution in [0.25, 0.3) is 11.4 Å². The van der Waals surface area contributed by atoms with Crippen LogP contribution in [0.4, 0.5) is 10.5 Å². The molecule has 1 aliphatic heterocycles. The number of pyridine rings is 1. The summed E-state index contributed by atoms with van der Waals surface area (Å²) in [5, 5.41) is 15.4. The third kappa shape index (κ3) is 3.85. The molecule has 8 heteroatoms. The summed E-state index contributed by atoms with van der Waals surface area (Å²) in [6.07, 6.45) is 6.67. The summed E-state index contributed by atoms with van der Waals surface area (Å²) in [5.41, 5.74) is 2.61. The Hall–Kier alpha value is -3.29. The molecule has 8 nitrogen and oxygen atoms in total. The van der Waals surface area contributed by atoms with Crippen LogP contribution in [-0.4, -0.2) is 42.7 Å². The number of aromatic nitrogens is 5. The molecule has 0 aliphatic carbocycles. The fraction of sp³-hybridized carbons (Fsp3) is 0.350. The number of hydrogen-bond acceptors (Lipinski definition) is 5. The zero-order chi connectivity index (χ0) is 19.3. The van der Waals surface area contributed by atoms with Gasteiger partial charge in [0.1, 0.15) is 0 Å². The number of rotatable bonds is 4. The molecule has 3 aromatic rings. The van der Waals surface area contributed by atoms with Crippen molar-refractivity contribution in [1.29, 1.82) is 0 Å². The van der Waals surface area contributed by atoms with Crippen molar-refractivity contribution in [2.24, 2.45) is 0 Å². The van der Waals surface area contributed by atoms with E-state index in [-0.39, 0.29) is 12.1 Å². The second kappa shape index (κ2) is 8.16. The van der Waals surface area contributed by atoms with E-state index < -0.39 is 0 Å². The number of piperidine rings is 1. The van der Waals surface area contributed by atoms with Gasteiger partial charge < -0.3 is 10.2 Å². The minimum absolute atomic E-state index is 0.0525. The lowest BCUT2D eigenvalue weighted by atomic mass is 9.97. The number of tetrazole rings is 1. The van der Waals surface area contributed by atoms with E-state index in [2.05, 4.69) is 25.7 Å². The lowest BCUT2D eigenvalue weighted by molar-refractivity contribution is 0.163. The minimum Gasteiger partial charge on any atom is -0.317 e. The predicted octanol–water partition coefficient (Wildman–Crippen LogP) is 3.51. The van der Waals surface area contributed by atoms with Crippen LogP contribution in [0.1, 0.15) is 37.8 Å². The Bertz CT molecular complexity index is 940. The first-order valence-electron chi connectivity index (χ1n) is 9.60. The van der Waals surface area contributed by atoms with Crippen molar-refractivity contribution >= 4 is 11.7 Å². The first-order chi connectivity index (χ1) is 13.7. The number of amides is 2. The smallest absolute Gasteiger partial charge is 0.317 e. The topological polar surface area (TPSA) is 88.8 Å². The molecule has 4 rings (SSSR count). The van der Waals surface area contributed by atoms with Gasteiger partial charge in [0.2, 0.25) is 5.82 Å². The molecule has 1 atom stereocenters. The summed E-state index contributed by atoms with van der Waals surface area (Å²) in [6.45, 7) is 3.35. The molecule has 0 spiro atoms. The Labute approximate surface area is 163 Å². The second-order valence-electron chi connectivity index (χ2n) is 6.80. The number of aryl methyl sites for hydroxylation is 1. The van der Waals surface area contributed by atoms with Crippen molar-refractivity contribution in [3.05, 3.63) is 54.4 Å². The van der Waals surface area contributed by atoms with Gasteiger partial charge in [0.15, 0.2) is 0 Å². The molecule has 0 bridgehead atoms. The van der Waals surface area contributed by atoms with E-state index in [1.54, 1.807) is 6.20 Å². The molecule has 1 N–H and O–H groups in total. The van der Waals surface area contributed by atoms with E-state index in [4.69, 9.17) is 0 Å². The molecule has 2 aromatic heterocycles. The Balaban J connectivity index is 1.51. The van der Waals surface area contributed by atoms with Gasteiger partial charge in [-0.15, -0.1) is 10.2 Å². The summed E-state index contributed by atoms with van der Waals surface area (Å²) in [5.74, 6) is 0.546. The Kier molecular flexibility index (Phi) is 5.27. The van der Waals surface area contributed by atoms with Gasteiger partial charge in [-0.05, 0) is 55.2 Å². The SMILES string of the molecule is CCn1nnc(-c2cccc(NC(=O)N3CCCC[C@@H]3c3cccnc3)c2)n1. The van der Waals surface area contributed by atoms with Crippen molar-refractivity contribution in [2.45, 2.75) is 38.8 Å². The number of anilines is 1. The highest BCUT2D eigenvalue weighted by atomic mass is 16.2. The highest BCUT2D eigenvalue weighted by Gasteiger charge is 2.28. The maximum atomic E-state index is 13.0. The molecule has 1 aromatic carbocycles. The van der Waals surface area contributed by atoms with Crippen LogP contribution in [0, 0.1) is 0 Å². The van der Waals surface area contributed by atoms with Gasteiger partial charge in [-0.1, -0.05) is 18.2 Å². The van der Waals surface area contributed by atoms with Crippen molar-refractivity contribution < 1.29 is 4.79 Å². The van der Waals surface area contributed by atoms with Gasteiger partial charge in [0.05, 0.1) is 12.6 Å². The fourth-order valence-electron chi connectivity index (χ4n) is 3.52. The normalized spacial score (nSPS) is 16.8. The van der Waals surface area contributed by atoms with E-state index in [1.165, 1.54) is 4.80 Å². The molecule has 0 radical (unpaired) electrons. The maximum absolute atomic E-state index is 13.0. The van der Waals surface area contributed by atoms with Gasteiger partial charge in [-0.25, -0.2) is 4.79 Å². The lowest BCUT2D eigenvalue weighted by Gasteiger charge is -2.35. The summed E-state index contributed by atoms with van der Waals surface area (Å²) < 4.78 is 0. The summed E-state index contributed by atoms with van der Waals surface area (Å²) >= 11 is 0. The summed E-state index contributed by atoms with van der Waals surface area (Å²) in [7, 11) is 0. The van der Waals surface area contributed by atoms with Crippen molar-refractivity contribution in [2.75, 3.05) is 11.9 Å². The van der Waals surface area contributed by atoms with Gasteiger partial charge >= 0.3 is 6.03 Å². The molecule has 3 heterocycles. The van der Waals surface area contributed by atoms with E-state index >= 15 is 0 Å². The molecule has 144 valence electrons. The number of nitrogens with zero attached hydrogens (tertiary/aromatic N) is 6. The minimum atomic E-state index is -0.101. The van der Waals surface area contributed by atoms with Crippen LogP contribution in [0.15, 0.2) is 48.8 Å². The number of nitrogens with one attached hydrogen (secondary N) is 1. The second-order valence-corrected chi connectivity index (χ2v) is 6.80. The third-order valence-electron chi connectivity index (χ3n) is 4.94. The number of carbonyl (C=O) groups is 1. The monoisotopic (exact) mass is 377 g/mol. The van der Waals surface area contributed by atoms with Crippen molar-refractivity contribution in [1.82, 2.24) is 30.1 Å². The molecule has 1 aliphatic rings. The van der Waals surface area contributed by atoms with Crippen LogP contribution in [0.5, 0.6) is 0 Å². The molecule has 28 heavy (non-hydrogen) atoms. The molecule has 2 amide bonds. The van der Waals surface area contributed by atoms with Gasteiger partial charge in [-0.3, -0.25) is 4.98 Å². The molecular weight excluding hydrogens is 354 g/mol. The predicted molar refractivity (Wildman–Crippen MR) is 105 cm³/mol. The highest BCUT2D eigenvalue weighted by molar-refractivity contribution is 5.90. The van der Waals surface area contributed by atoms with Gasteiger partial charge in [0.25, 0.3) is 0 Å². The molecule has 0 unspecified atom stereocenters. The Morgan fingerprint density at radius 3 is 2.96 bits per heavy atom. The third-order valence-corrected chi connectivity index (χ3v) is 4.94. The summed E-state index contributed by atoms with van der Waals surface area (Å²) in [6, 6.07) is 11.4. The number of hydrogen-bond donors (Lipinski definition) is 1. The molecular formula is C20H23N7O. The van der Waals surface area contributed by atoms with Crippen LogP contribution in [0.3, 0.4) is 0 Å². The van der Waals surface area contributed by atoms with Gasteiger partial charge in [0, 0.05) is 30.2 Å². The largest absolute Gasteiger partial charge is 0.322 e. The van der Waals surface area contributed by atoms with E-state index in [0.29, 0.717) is 18.1 Å². The van der Waals surface area contributed by atoms with Crippen molar-refractivity contribution in [3.63, 3.8) is 0 Å². The van der Waals surface area contributed by atoms with Gasteiger partial charge in [-0.2, -0.15) is 4.80 Å². The fourth-order valence-corrected chi connectivity index (χ4v) is 3.52. The van der Waals surface area contributed by atoms with Crippen molar-refractivity contribution in [3.8, 4) is 11.4 Å². The number of likely N-dealkylation sites (tertiary alicyclic amines) is 1. The van der Waals surface area contributed by atoms with E-state index in [9.17, 15) is 4.79 Å². The maximum Gasteiger partial charge on any atom is 0.322 e. The Morgan fingerprint density at radius 2 is 2.18 bits per heavy atom. The highest BCUT2D eigenvalue weighted by Crippen LogP contribution is 2.31. The van der Waals surface area contributed by atoms with E-state index in [1.807, 2.05) is 54.4 Å². The van der Waals surface area contributed by atoms with Crippen LogP contribution in [0.2, 0.25) is 0 Å². The van der Waals surface area contributed by atoms with Crippen LogP contribution < -0.4 is 5.32 Å². The van der Waals surface area contributed by atoms with E-state index in [0.717, 1.165) is 36.9 Å². The molecule has 0 saturated carbocycles. The average molecular weight is 377 g/mol. The first kappa shape index (κ1) is 18.1.